The van der Waals surface area contributed by atoms with Crippen LogP contribution in [0.1, 0.15) is 38.7 Å². The van der Waals surface area contributed by atoms with Gasteiger partial charge >= 0.3 is 0 Å². The minimum Gasteiger partial charge on any atom is -0.381 e. The summed E-state index contributed by atoms with van der Waals surface area (Å²) in [7, 11) is 0. The highest BCUT2D eigenvalue weighted by Gasteiger charge is 2.36. The second-order valence-corrected chi connectivity index (χ2v) is 7.97. The average Bonchev–Trinajstić information content (AvgIpc) is 3.29. The second kappa shape index (κ2) is 7.87. The van der Waals surface area contributed by atoms with E-state index in [0.29, 0.717) is 6.04 Å². The van der Waals surface area contributed by atoms with Crippen molar-refractivity contribution >= 4 is 21.9 Å². The molecule has 2 unspecified atom stereocenters. The minimum absolute atomic E-state index is 0.0798. The van der Waals surface area contributed by atoms with E-state index in [1.165, 1.54) is 12.0 Å². The number of aliphatic imine (C=N–C) groups is 1. The van der Waals surface area contributed by atoms with Crippen LogP contribution < -0.4 is 10.6 Å². The van der Waals surface area contributed by atoms with E-state index in [9.17, 15) is 0 Å². The van der Waals surface area contributed by atoms with Crippen LogP contribution in [0.3, 0.4) is 0 Å². The summed E-state index contributed by atoms with van der Waals surface area (Å²) in [6.07, 6.45) is 3.30. The van der Waals surface area contributed by atoms with Crippen LogP contribution in [0, 0.1) is 5.92 Å². The fourth-order valence-corrected chi connectivity index (χ4v) is 3.62. The molecule has 2 atom stereocenters. The van der Waals surface area contributed by atoms with Crippen molar-refractivity contribution in [1.82, 2.24) is 10.6 Å². The van der Waals surface area contributed by atoms with Gasteiger partial charge in [0.1, 0.15) is 0 Å². The molecule has 0 radical (unpaired) electrons. The minimum atomic E-state index is 0.0798. The van der Waals surface area contributed by atoms with Gasteiger partial charge in [-0.15, -0.1) is 0 Å². The first-order valence-electron chi connectivity index (χ1n) is 9.01. The predicted octanol–water partition coefficient (Wildman–Crippen LogP) is 3.46. The summed E-state index contributed by atoms with van der Waals surface area (Å²) in [6, 6.07) is 9.31. The molecule has 1 aliphatic carbocycles. The van der Waals surface area contributed by atoms with Gasteiger partial charge in [-0.1, -0.05) is 35.0 Å². The number of hydrogen-bond acceptors (Lipinski definition) is 2. The highest BCUT2D eigenvalue weighted by atomic mass is 79.9. The molecule has 2 aliphatic rings. The lowest BCUT2D eigenvalue weighted by Gasteiger charge is -2.36. The van der Waals surface area contributed by atoms with Gasteiger partial charge < -0.3 is 15.4 Å². The Morgan fingerprint density at radius 2 is 1.96 bits per heavy atom. The van der Waals surface area contributed by atoms with Crippen molar-refractivity contribution in [1.29, 1.82) is 0 Å². The van der Waals surface area contributed by atoms with E-state index in [1.807, 2.05) is 0 Å². The Bertz CT molecular complexity index is 566. The quantitative estimate of drug-likeness (QED) is 0.594. The molecule has 1 heterocycles. The van der Waals surface area contributed by atoms with Gasteiger partial charge in [-0.2, -0.15) is 0 Å². The third-order valence-electron chi connectivity index (χ3n) is 5.22. The van der Waals surface area contributed by atoms with Crippen molar-refractivity contribution in [3.05, 3.63) is 34.3 Å². The number of nitrogens with zero attached hydrogens (tertiary/aromatic N) is 1. The number of nitrogens with one attached hydrogen (secondary N) is 2. The molecule has 0 spiro atoms. The van der Waals surface area contributed by atoms with E-state index >= 15 is 0 Å². The van der Waals surface area contributed by atoms with E-state index < -0.39 is 0 Å². The molecular formula is C19H28BrN3O. The van der Waals surface area contributed by atoms with Gasteiger partial charge in [0.2, 0.25) is 0 Å². The normalized spacial score (nSPS) is 26.0. The second-order valence-electron chi connectivity index (χ2n) is 7.06. The first-order valence-corrected chi connectivity index (χ1v) is 9.81. The number of ether oxygens (including phenoxy) is 1. The first-order chi connectivity index (χ1) is 11.6. The molecule has 1 aliphatic heterocycles. The van der Waals surface area contributed by atoms with Crippen LogP contribution in [0.2, 0.25) is 0 Å². The smallest absolute Gasteiger partial charge is 0.191 e. The van der Waals surface area contributed by atoms with Crippen LogP contribution in [0.15, 0.2) is 33.7 Å². The Morgan fingerprint density at radius 1 is 1.29 bits per heavy atom. The van der Waals surface area contributed by atoms with Crippen LogP contribution in [0.4, 0.5) is 0 Å². The van der Waals surface area contributed by atoms with Crippen LogP contribution in [0.5, 0.6) is 0 Å². The number of rotatable bonds is 5. The maximum Gasteiger partial charge on any atom is 0.191 e. The fourth-order valence-electron chi connectivity index (χ4n) is 3.35. The average molecular weight is 394 g/mol. The van der Waals surface area contributed by atoms with E-state index in [0.717, 1.165) is 55.5 Å². The zero-order chi connectivity index (χ0) is 17.0. The first kappa shape index (κ1) is 17.7. The molecule has 1 aromatic carbocycles. The zero-order valence-corrected chi connectivity index (χ0v) is 16.2. The predicted molar refractivity (Wildman–Crippen MR) is 103 cm³/mol. The van der Waals surface area contributed by atoms with Crippen molar-refractivity contribution in [2.24, 2.45) is 10.9 Å². The maximum absolute atomic E-state index is 5.62. The van der Waals surface area contributed by atoms with E-state index in [1.54, 1.807) is 0 Å². The van der Waals surface area contributed by atoms with Gasteiger partial charge in [0.05, 0.1) is 6.54 Å². The Morgan fingerprint density at radius 3 is 2.54 bits per heavy atom. The molecule has 5 heteroatoms. The molecule has 0 amide bonds. The summed E-state index contributed by atoms with van der Waals surface area (Å²) in [5.74, 6) is 1.71. The van der Waals surface area contributed by atoms with Gasteiger partial charge in [0.25, 0.3) is 0 Å². The van der Waals surface area contributed by atoms with Crippen molar-refractivity contribution < 1.29 is 4.74 Å². The molecule has 4 nitrogen and oxygen atoms in total. The van der Waals surface area contributed by atoms with E-state index in [4.69, 9.17) is 9.73 Å². The molecule has 3 rings (SSSR count). The Kier molecular flexibility index (Phi) is 5.82. The molecule has 132 valence electrons. The van der Waals surface area contributed by atoms with Crippen molar-refractivity contribution in [3.8, 4) is 0 Å². The van der Waals surface area contributed by atoms with E-state index in [2.05, 4.69) is 64.7 Å². The Labute approximate surface area is 153 Å². The highest BCUT2D eigenvalue weighted by Crippen LogP contribution is 2.36. The number of benzene rings is 1. The van der Waals surface area contributed by atoms with Crippen LogP contribution in [-0.2, 0) is 10.2 Å². The summed E-state index contributed by atoms with van der Waals surface area (Å²) >= 11 is 3.54. The van der Waals surface area contributed by atoms with Crippen LogP contribution >= 0.6 is 15.9 Å². The summed E-state index contributed by atoms with van der Waals surface area (Å²) in [4.78, 5) is 4.95. The Hall–Kier alpha value is -1.07. The molecule has 2 N–H and O–H groups in total. The van der Waals surface area contributed by atoms with Gasteiger partial charge in [0.15, 0.2) is 5.96 Å². The third-order valence-corrected chi connectivity index (χ3v) is 5.75. The van der Waals surface area contributed by atoms with Crippen molar-refractivity contribution in [3.63, 3.8) is 0 Å². The lowest BCUT2D eigenvalue weighted by Crippen LogP contribution is -2.42. The monoisotopic (exact) mass is 393 g/mol. The molecule has 2 fully saturated rings. The summed E-state index contributed by atoms with van der Waals surface area (Å²) in [5, 5.41) is 6.95. The van der Waals surface area contributed by atoms with Gasteiger partial charge in [-0.3, -0.25) is 4.99 Å². The highest BCUT2D eigenvalue weighted by molar-refractivity contribution is 9.10. The summed E-state index contributed by atoms with van der Waals surface area (Å²) in [5.41, 5.74) is 1.45. The maximum atomic E-state index is 5.62. The number of guanidine groups is 1. The summed E-state index contributed by atoms with van der Waals surface area (Å²) < 4.78 is 6.74. The molecule has 0 bridgehead atoms. The van der Waals surface area contributed by atoms with Crippen LogP contribution in [-0.4, -0.2) is 38.3 Å². The van der Waals surface area contributed by atoms with E-state index in [-0.39, 0.29) is 5.41 Å². The standard InChI is InChI=1S/C19H28BrN3O/c1-3-21-18(23-17-12-14(17)2)22-13-19(8-10-24-11-9-19)15-4-6-16(20)7-5-15/h4-7,14,17H,3,8-13H2,1-2H3,(H2,21,22,23). The van der Waals surface area contributed by atoms with Gasteiger partial charge in [0, 0.05) is 35.7 Å². The van der Waals surface area contributed by atoms with Gasteiger partial charge in [-0.05, 0) is 49.8 Å². The molecule has 24 heavy (non-hydrogen) atoms. The Balaban J connectivity index is 1.77. The lowest BCUT2D eigenvalue weighted by atomic mass is 9.74. The lowest BCUT2D eigenvalue weighted by molar-refractivity contribution is 0.0531. The SMILES string of the molecule is CCNC(=NCC1(c2ccc(Br)cc2)CCOCC1)NC1CC1C. The molecular weight excluding hydrogens is 366 g/mol. The van der Waals surface area contributed by atoms with Crippen molar-refractivity contribution in [2.45, 2.75) is 44.6 Å². The van der Waals surface area contributed by atoms with Crippen LogP contribution in [0.25, 0.3) is 0 Å². The van der Waals surface area contributed by atoms with Crippen molar-refractivity contribution in [2.75, 3.05) is 26.3 Å². The molecule has 1 saturated heterocycles. The molecule has 1 aromatic rings. The largest absolute Gasteiger partial charge is 0.381 e. The molecule has 0 aromatic heterocycles. The molecule has 1 saturated carbocycles. The number of hydrogen-bond donors (Lipinski definition) is 2. The third kappa shape index (κ3) is 4.31. The summed E-state index contributed by atoms with van der Waals surface area (Å²) in [6.45, 7) is 7.72. The zero-order valence-electron chi connectivity index (χ0n) is 14.6. The van der Waals surface area contributed by atoms with Gasteiger partial charge in [-0.25, -0.2) is 0 Å². The topological polar surface area (TPSA) is 45.7 Å². The fraction of sp³-hybridized carbons (Fsp3) is 0.632. The number of halogens is 1.